The van der Waals surface area contributed by atoms with Crippen LogP contribution in [0.4, 0.5) is 0 Å². The van der Waals surface area contributed by atoms with Gasteiger partial charge in [-0.2, -0.15) is 0 Å². The van der Waals surface area contributed by atoms with Crippen LogP contribution in [0.2, 0.25) is 0 Å². The Hall–Kier alpha value is -1.84. The minimum absolute atomic E-state index is 0.0122. The van der Waals surface area contributed by atoms with Crippen LogP contribution in [-0.4, -0.2) is 23.0 Å². The Labute approximate surface area is 120 Å². The molecule has 4 nitrogen and oxygen atoms in total. The first-order chi connectivity index (χ1) is 9.61. The van der Waals surface area contributed by atoms with Gasteiger partial charge in [-0.3, -0.25) is 9.59 Å². The molecule has 1 aromatic rings. The van der Waals surface area contributed by atoms with Crippen LogP contribution in [0.5, 0.6) is 0 Å². The van der Waals surface area contributed by atoms with Gasteiger partial charge in [0.05, 0.1) is 0 Å². The molecule has 110 valence electrons. The maximum Gasteiger partial charge on any atom is 0.303 e. The van der Waals surface area contributed by atoms with Crippen LogP contribution in [-0.2, 0) is 16.0 Å². The summed E-state index contributed by atoms with van der Waals surface area (Å²) in [6.07, 6.45) is 3.43. The van der Waals surface area contributed by atoms with Gasteiger partial charge in [0.2, 0.25) is 5.91 Å². The molecule has 4 heteroatoms. The number of hydrogen-bond acceptors (Lipinski definition) is 2. The van der Waals surface area contributed by atoms with Gasteiger partial charge in [-0.05, 0) is 31.2 Å². The van der Waals surface area contributed by atoms with Crippen molar-refractivity contribution in [1.29, 1.82) is 0 Å². The second-order valence-electron chi connectivity index (χ2n) is 4.96. The summed E-state index contributed by atoms with van der Waals surface area (Å²) >= 11 is 0. The van der Waals surface area contributed by atoms with Gasteiger partial charge in [-0.15, -0.1) is 0 Å². The van der Waals surface area contributed by atoms with E-state index in [0.29, 0.717) is 19.3 Å². The number of carbonyl (C=O) groups is 2. The molecular weight excluding hydrogens is 254 g/mol. The molecule has 0 spiro atoms. The van der Waals surface area contributed by atoms with E-state index in [1.165, 1.54) is 5.56 Å². The van der Waals surface area contributed by atoms with Crippen molar-refractivity contribution in [3.8, 4) is 0 Å². The molecule has 0 saturated heterocycles. The summed E-state index contributed by atoms with van der Waals surface area (Å²) in [5.41, 5.74) is 1.21. The maximum absolute atomic E-state index is 11.8. The van der Waals surface area contributed by atoms with Crippen LogP contribution in [0.25, 0.3) is 0 Å². The zero-order chi connectivity index (χ0) is 14.8. The number of nitrogens with one attached hydrogen (secondary N) is 1. The van der Waals surface area contributed by atoms with E-state index in [4.69, 9.17) is 5.11 Å². The highest BCUT2D eigenvalue weighted by Gasteiger charge is 2.11. The van der Waals surface area contributed by atoms with Crippen molar-refractivity contribution in [2.45, 2.75) is 51.5 Å². The van der Waals surface area contributed by atoms with Gasteiger partial charge >= 0.3 is 5.97 Å². The number of unbranched alkanes of at least 4 members (excludes halogenated alkanes) is 1. The summed E-state index contributed by atoms with van der Waals surface area (Å²) < 4.78 is 0. The van der Waals surface area contributed by atoms with Crippen LogP contribution in [0.15, 0.2) is 30.3 Å². The number of amides is 1. The highest BCUT2D eigenvalue weighted by atomic mass is 16.4. The Balaban J connectivity index is 2.29. The van der Waals surface area contributed by atoms with Crippen LogP contribution < -0.4 is 5.32 Å². The summed E-state index contributed by atoms with van der Waals surface area (Å²) in [6.45, 7) is 2.05. The van der Waals surface area contributed by atoms with E-state index in [9.17, 15) is 9.59 Å². The number of benzene rings is 1. The van der Waals surface area contributed by atoms with Gasteiger partial charge in [0.25, 0.3) is 0 Å². The highest BCUT2D eigenvalue weighted by Crippen LogP contribution is 2.07. The van der Waals surface area contributed by atoms with Gasteiger partial charge in [0.1, 0.15) is 0 Å². The van der Waals surface area contributed by atoms with E-state index in [1.807, 2.05) is 18.2 Å². The Morgan fingerprint density at radius 2 is 1.80 bits per heavy atom. The molecule has 1 unspecified atom stereocenters. The van der Waals surface area contributed by atoms with Crippen LogP contribution in [0.3, 0.4) is 0 Å². The lowest BCUT2D eigenvalue weighted by Crippen LogP contribution is -2.35. The average molecular weight is 277 g/mol. The van der Waals surface area contributed by atoms with Gasteiger partial charge in [0, 0.05) is 18.9 Å². The Morgan fingerprint density at radius 3 is 2.40 bits per heavy atom. The van der Waals surface area contributed by atoms with E-state index in [1.54, 1.807) is 0 Å². The Morgan fingerprint density at radius 1 is 1.15 bits per heavy atom. The first kappa shape index (κ1) is 16.2. The Kier molecular flexibility index (Phi) is 7.40. The summed E-state index contributed by atoms with van der Waals surface area (Å²) in [5.74, 6) is -0.793. The van der Waals surface area contributed by atoms with Crippen molar-refractivity contribution in [1.82, 2.24) is 5.32 Å². The fourth-order valence-corrected chi connectivity index (χ4v) is 2.06. The van der Waals surface area contributed by atoms with Crippen molar-refractivity contribution in [3.05, 3.63) is 35.9 Å². The molecule has 0 saturated carbocycles. The maximum atomic E-state index is 11.8. The monoisotopic (exact) mass is 277 g/mol. The largest absolute Gasteiger partial charge is 0.481 e. The minimum atomic E-state index is -0.805. The first-order valence-corrected chi connectivity index (χ1v) is 7.17. The molecule has 0 heterocycles. The van der Waals surface area contributed by atoms with Crippen LogP contribution in [0.1, 0.15) is 44.6 Å². The lowest BCUT2D eigenvalue weighted by Gasteiger charge is -2.17. The van der Waals surface area contributed by atoms with Crippen molar-refractivity contribution < 1.29 is 14.7 Å². The van der Waals surface area contributed by atoms with Crippen molar-refractivity contribution in [3.63, 3.8) is 0 Å². The van der Waals surface area contributed by atoms with Crippen LogP contribution >= 0.6 is 0 Å². The molecule has 0 fully saturated rings. The third-order valence-corrected chi connectivity index (χ3v) is 3.23. The van der Waals surface area contributed by atoms with Gasteiger partial charge in [-0.25, -0.2) is 0 Å². The predicted octanol–water partition coefficient (Wildman–Crippen LogP) is 2.77. The van der Waals surface area contributed by atoms with E-state index in [-0.39, 0.29) is 18.4 Å². The highest BCUT2D eigenvalue weighted by molar-refractivity contribution is 5.76. The number of rotatable bonds is 9. The number of aliphatic carboxylic acids is 1. The van der Waals surface area contributed by atoms with Gasteiger partial charge in [-0.1, -0.05) is 37.3 Å². The SMILES string of the molecule is CCC(Cc1ccccc1)NC(=O)CCCCC(=O)O. The van der Waals surface area contributed by atoms with Gasteiger partial charge in [0.15, 0.2) is 0 Å². The molecule has 0 aliphatic carbocycles. The van der Waals surface area contributed by atoms with Crippen molar-refractivity contribution in [2.24, 2.45) is 0 Å². The normalized spacial score (nSPS) is 11.8. The molecule has 20 heavy (non-hydrogen) atoms. The molecular formula is C16H23NO3. The fraction of sp³-hybridized carbons (Fsp3) is 0.500. The molecule has 1 atom stereocenters. The van der Waals surface area contributed by atoms with Crippen molar-refractivity contribution in [2.75, 3.05) is 0 Å². The number of carboxylic acid groups (broad SMARTS) is 1. The van der Waals surface area contributed by atoms with Gasteiger partial charge < -0.3 is 10.4 Å². The minimum Gasteiger partial charge on any atom is -0.481 e. The van der Waals surface area contributed by atoms with Crippen molar-refractivity contribution >= 4 is 11.9 Å². The van der Waals surface area contributed by atoms with E-state index in [2.05, 4.69) is 24.4 Å². The van der Waals surface area contributed by atoms with E-state index >= 15 is 0 Å². The summed E-state index contributed by atoms with van der Waals surface area (Å²) in [7, 11) is 0. The zero-order valence-corrected chi connectivity index (χ0v) is 12.0. The molecule has 0 aromatic heterocycles. The zero-order valence-electron chi connectivity index (χ0n) is 12.0. The molecule has 1 rings (SSSR count). The molecule has 0 radical (unpaired) electrons. The molecule has 2 N–H and O–H groups in total. The average Bonchev–Trinajstić information content (AvgIpc) is 2.44. The number of hydrogen-bond donors (Lipinski definition) is 2. The third kappa shape index (κ3) is 6.92. The molecule has 0 bridgehead atoms. The Bertz CT molecular complexity index is 417. The third-order valence-electron chi connectivity index (χ3n) is 3.23. The molecule has 1 amide bonds. The number of carboxylic acids is 1. The molecule has 0 aliphatic heterocycles. The summed E-state index contributed by atoms with van der Waals surface area (Å²) in [4.78, 5) is 22.2. The molecule has 0 aliphatic rings. The number of carbonyl (C=O) groups excluding carboxylic acids is 1. The first-order valence-electron chi connectivity index (χ1n) is 7.17. The van der Waals surface area contributed by atoms with E-state index < -0.39 is 5.97 Å². The molecule has 1 aromatic carbocycles. The quantitative estimate of drug-likeness (QED) is 0.682. The standard InChI is InChI=1S/C16H23NO3/c1-2-14(12-13-8-4-3-5-9-13)17-15(18)10-6-7-11-16(19)20/h3-5,8-9,14H,2,6-7,10-12H2,1H3,(H,17,18)(H,19,20). The topological polar surface area (TPSA) is 66.4 Å². The fourth-order valence-electron chi connectivity index (χ4n) is 2.06. The summed E-state index contributed by atoms with van der Waals surface area (Å²) in [6, 6.07) is 10.2. The van der Waals surface area contributed by atoms with Crippen LogP contribution in [0, 0.1) is 0 Å². The second-order valence-corrected chi connectivity index (χ2v) is 4.96. The predicted molar refractivity (Wildman–Crippen MR) is 78.5 cm³/mol. The summed E-state index contributed by atoms with van der Waals surface area (Å²) in [5, 5.41) is 11.5. The second kappa shape index (κ2) is 9.13. The lowest BCUT2D eigenvalue weighted by molar-refractivity contribution is -0.137. The van der Waals surface area contributed by atoms with E-state index in [0.717, 1.165) is 12.8 Å². The lowest BCUT2D eigenvalue weighted by atomic mass is 10.0. The smallest absolute Gasteiger partial charge is 0.303 e.